The molecule has 2 aromatic rings. The van der Waals surface area contributed by atoms with Crippen LogP contribution in [0.4, 0.5) is 5.00 Å². The highest BCUT2D eigenvalue weighted by Crippen LogP contribution is 2.38. The minimum Gasteiger partial charge on any atom is -0.390 e. The Balaban J connectivity index is 1.73. The van der Waals surface area contributed by atoms with Gasteiger partial charge in [0.1, 0.15) is 0 Å². The molecule has 0 saturated carbocycles. The fourth-order valence-corrected chi connectivity index (χ4v) is 4.48. The van der Waals surface area contributed by atoms with Gasteiger partial charge in [-0.05, 0) is 43.2 Å². The Morgan fingerprint density at radius 3 is 2.78 bits per heavy atom. The SMILES string of the molecule is CCC1CCc2c(sc(N)c2C(=O)NCc2ccc(C)cc2)C1. The van der Waals surface area contributed by atoms with Gasteiger partial charge in [0, 0.05) is 11.4 Å². The number of carbonyl (C=O) groups is 1. The Kier molecular flexibility index (Phi) is 4.71. The summed E-state index contributed by atoms with van der Waals surface area (Å²) in [7, 11) is 0. The molecule has 3 rings (SSSR count). The fourth-order valence-electron chi connectivity index (χ4n) is 3.25. The highest BCUT2D eigenvalue weighted by molar-refractivity contribution is 7.16. The number of rotatable bonds is 4. The predicted molar refractivity (Wildman–Crippen MR) is 96.9 cm³/mol. The van der Waals surface area contributed by atoms with E-state index in [4.69, 9.17) is 5.73 Å². The van der Waals surface area contributed by atoms with Crippen LogP contribution in [0.1, 0.15) is 51.7 Å². The van der Waals surface area contributed by atoms with E-state index in [0.717, 1.165) is 36.3 Å². The van der Waals surface area contributed by atoms with E-state index in [1.165, 1.54) is 22.4 Å². The van der Waals surface area contributed by atoms with Gasteiger partial charge in [0.2, 0.25) is 0 Å². The quantitative estimate of drug-likeness (QED) is 0.888. The molecule has 0 spiro atoms. The molecule has 23 heavy (non-hydrogen) atoms. The van der Waals surface area contributed by atoms with Gasteiger partial charge in [-0.3, -0.25) is 4.79 Å². The third-order valence-electron chi connectivity index (χ3n) is 4.77. The zero-order valence-corrected chi connectivity index (χ0v) is 14.6. The summed E-state index contributed by atoms with van der Waals surface area (Å²) in [6.45, 7) is 4.84. The van der Waals surface area contributed by atoms with Crippen LogP contribution in [0.3, 0.4) is 0 Å². The van der Waals surface area contributed by atoms with Gasteiger partial charge in [-0.15, -0.1) is 11.3 Å². The molecule has 3 nitrogen and oxygen atoms in total. The summed E-state index contributed by atoms with van der Waals surface area (Å²) < 4.78 is 0. The number of aryl methyl sites for hydroxylation is 1. The summed E-state index contributed by atoms with van der Waals surface area (Å²) in [5.74, 6) is 0.708. The maximum Gasteiger partial charge on any atom is 0.254 e. The highest BCUT2D eigenvalue weighted by atomic mass is 32.1. The van der Waals surface area contributed by atoms with Gasteiger partial charge in [0.05, 0.1) is 10.6 Å². The first-order valence-corrected chi connectivity index (χ1v) is 9.13. The largest absolute Gasteiger partial charge is 0.390 e. The van der Waals surface area contributed by atoms with Crippen LogP contribution >= 0.6 is 11.3 Å². The molecule has 1 amide bonds. The number of thiophene rings is 1. The average molecular weight is 328 g/mol. The van der Waals surface area contributed by atoms with Crippen molar-refractivity contribution in [2.24, 2.45) is 5.92 Å². The standard InChI is InChI=1S/C19H24N2OS/c1-3-13-8-9-15-16(10-13)23-18(20)17(15)19(22)21-11-14-6-4-12(2)5-7-14/h4-7,13H,3,8-11,20H2,1-2H3,(H,21,22). The van der Waals surface area contributed by atoms with E-state index in [1.807, 2.05) is 12.1 Å². The molecular formula is C19H24N2OS. The lowest BCUT2D eigenvalue weighted by atomic mass is 9.85. The number of nitrogens with two attached hydrogens (primary N) is 1. The summed E-state index contributed by atoms with van der Waals surface area (Å²) in [6.07, 6.45) is 4.42. The number of amides is 1. The Bertz CT molecular complexity index is 703. The molecule has 0 bridgehead atoms. The van der Waals surface area contributed by atoms with Crippen LogP contribution in [0.25, 0.3) is 0 Å². The van der Waals surface area contributed by atoms with Crippen molar-refractivity contribution in [1.29, 1.82) is 0 Å². The van der Waals surface area contributed by atoms with Crippen molar-refractivity contribution < 1.29 is 4.79 Å². The lowest BCUT2D eigenvalue weighted by Gasteiger charge is -2.21. The number of benzene rings is 1. The summed E-state index contributed by atoms with van der Waals surface area (Å²) in [5.41, 5.74) is 10.4. The van der Waals surface area contributed by atoms with Crippen molar-refractivity contribution >= 4 is 22.2 Å². The highest BCUT2D eigenvalue weighted by Gasteiger charge is 2.27. The lowest BCUT2D eigenvalue weighted by Crippen LogP contribution is -2.25. The van der Waals surface area contributed by atoms with Gasteiger partial charge < -0.3 is 11.1 Å². The zero-order valence-electron chi connectivity index (χ0n) is 13.8. The minimum absolute atomic E-state index is 0.0319. The molecule has 0 fully saturated rings. The number of hydrogen-bond donors (Lipinski definition) is 2. The van der Waals surface area contributed by atoms with Gasteiger partial charge in [-0.25, -0.2) is 0 Å². The molecule has 122 valence electrons. The molecule has 0 aliphatic heterocycles. The monoisotopic (exact) mass is 328 g/mol. The third kappa shape index (κ3) is 3.42. The first-order valence-electron chi connectivity index (χ1n) is 8.32. The molecule has 1 aromatic heterocycles. The average Bonchev–Trinajstić information content (AvgIpc) is 2.88. The number of carbonyl (C=O) groups excluding carboxylic acids is 1. The van der Waals surface area contributed by atoms with Gasteiger partial charge in [0.25, 0.3) is 5.91 Å². The summed E-state index contributed by atoms with van der Waals surface area (Å²) >= 11 is 1.60. The van der Waals surface area contributed by atoms with Gasteiger partial charge in [-0.2, -0.15) is 0 Å². The predicted octanol–water partition coefficient (Wildman–Crippen LogP) is 4.08. The van der Waals surface area contributed by atoms with Crippen molar-refractivity contribution in [1.82, 2.24) is 5.32 Å². The summed E-state index contributed by atoms with van der Waals surface area (Å²) in [5, 5.41) is 3.70. The van der Waals surface area contributed by atoms with E-state index in [2.05, 4.69) is 31.3 Å². The maximum absolute atomic E-state index is 12.6. The fraction of sp³-hybridized carbons (Fsp3) is 0.421. The second-order valence-electron chi connectivity index (χ2n) is 6.43. The minimum atomic E-state index is -0.0319. The molecule has 1 unspecified atom stereocenters. The number of hydrogen-bond acceptors (Lipinski definition) is 3. The van der Waals surface area contributed by atoms with Crippen molar-refractivity contribution in [2.45, 2.75) is 46.1 Å². The topological polar surface area (TPSA) is 55.1 Å². The Hall–Kier alpha value is -1.81. The number of nitrogens with one attached hydrogen (secondary N) is 1. The van der Waals surface area contributed by atoms with E-state index >= 15 is 0 Å². The first kappa shape index (κ1) is 16.1. The van der Waals surface area contributed by atoms with E-state index < -0.39 is 0 Å². The van der Waals surface area contributed by atoms with Crippen molar-refractivity contribution in [2.75, 3.05) is 5.73 Å². The number of fused-ring (bicyclic) bond motifs is 1. The van der Waals surface area contributed by atoms with E-state index in [9.17, 15) is 4.79 Å². The van der Waals surface area contributed by atoms with Crippen LogP contribution in [0.15, 0.2) is 24.3 Å². The second-order valence-corrected chi connectivity index (χ2v) is 7.57. The molecule has 0 radical (unpaired) electrons. The van der Waals surface area contributed by atoms with Gasteiger partial charge in [-0.1, -0.05) is 43.2 Å². The molecule has 1 heterocycles. The van der Waals surface area contributed by atoms with E-state index in [-0.39, 0.29) is 5.91 Å². The molecule has 0 saturated heterocycles. The smallest absolute Gasteiger partial charge is 0.254 e. The summed E-state index contributed by atoms with van der Waals surface area (Å²) in [6, 6.07) is 8.22. The Labute approximate surface area is 141 Å². The summed E-state index contributed by atoms with van der Waals surface area (Å²) in [4.78, 5) is 13.9. The third-order valence-corrected chi connectivity index (χ3v) is 5.86. The van der Waals surface area contributed by atoms with Crippen LogP contribution in [0.2, 0.25) is 0 Å². The van der Waals surface area contributed by atoms with Crippen molar-refractivity contribution in [3.8, 4) is 0 Å². The molecule has 1 aromatic carbocycles. The first-order chi connectivity index (χ1) is 11.1. The normalized spacial score (nSPS) is 16.9. The number of anilines is 1. The Morgan fingerprint density at radius 2 is 2.09 bits per heavy atom. The molecular weight excluding hydrogens is 304 g/mol. The second kappa shape index (κ2) is 6.75. The van der Waals surface area contributed by atoms with Crippen molar-refractivity contribution in [3.63, 3.8) is 0 Å². The van der Waals surface area contributed by atoms with E-state index in [1.54, 1.807) is 11.3 Å². The molecule has 1 atom stereocenters. The lowest BCUT2D eigenvalue weighted by molar-refractivity contribution is 0.0951. The van der Waals surface area contributed by atoms with Crippen LogP contribution in [-0.4, -0.2) is 5.91 Å². The van der Waals surface area contributed by atoms with Crippen LogP contribution in [0.5, 0.6) is 0 Å². The molecule has 4 heteroatoms. The molecule has 3 N–H and O–H groups in total. The van der Waals surface area contributed by atoms with E-state index in [0.29, 0.717) is 11.5 Å². The van der Waals surface area contributed by atoms with Crippen LogP contribution in [0, 0.1) is 12.8 Å². The van der Waals surface area contributed by atoms with Crippen LogP contribution < -0.4 is 11.1 Å². The van der Waals surface area contributed by atoms with Gasteiger partial charge >= 0.3 is 0 Å². The zero-order chi connectivity index (χ0) is 16.4. The number of nitrogen functional groups attached to an aromatic ring is 1. The van der Waals surface area contributed by atoms with Gasteiger partial charge in [0.15, 0.2) is 0 Å². The van der Waals surface area contributed by atoms with Crippen molar-refractivity contribution in [3.05, 3.63) is 51.4 Å². The Morgan fingerprint density at radius 1 is 1.35 bits per heavy atom. The van der Waals surface area contributed by atoms with Crippen LogP contribution in [-0.2, 0) is 19.4 Å². The molecule has 1 aliphatic carbocycles. The molecule has 1 aliphatic rings. The maximum atomic E-state index is 12.6.